The fourth-order valence-electron chi connectivity index (χ4n) is 1.73. The molecular formula is C11H12ClFN2O. The lowest BCUT2D eigenvalue weighted by molar-refractivity contribution is -0.117. The number of fused-ring (bicyclic) bond motifs is 1. The molecular weight excluding hydrogens is 231 g/mol. The molecule has 1 aromatic rings. The zero-order valence-electron chi connectivity index (χ0n) is 8.81. The summed E-state index contributed by atoms with van der Waals surface area (Å²) in [6, 6.07) is 2.46. The Kier molecular flexibility index (Phi) is 3.01. The van der Waals surface area contributed by atoms with Crippen molar-refractivity contribution in [2.24, 2.45) is 0 Å². The van der Waals surface area contributed by atoms with Gasteiger partial charge in [0.05, 0.1) is 16.4 Å². The molecule has 0 spiro atoms. The van der Waals surface area contributed by atoms with Crippen LogP contribution in [0, 0.1) is 5.82 Å². The molecule has 16 heavy (non-hydrogen) atoms. The van der Waals surface area contributed by atoms with Crippen LogP contribution in [-0.2, 0) is 4.79 Å². The SMILES string of the molecule is CCCC1Nc2cc(Cl)c(F)cc2NC1=O. The summed E-state index contributed by atoms with van der Waals surface area (Å²) in [6.07, 6.45) is 1.63. The minimum absolute atomic E-state index is 0.0534. The van der Waals surface area contributed by atoms with Crippen LogP contribution in [0.25, 0.3) is 0 Å². The van der Waals surface area contributed by atoms with E-state index in [0.717, 1.165) is 12.8 Å². The van der Waals surface area contributed by atoms with E-state index < -0.39 is 5.82 Å². The predicted molar refractivity (Wildman–Crippen MR) is 62.4 cm³/mol. The second-order valence-corrected chi connectivity index (χ2v) is 4.19. The standard InChI is InChI=1S/C11H12ClFN2O/c1-2-3-8-11(16)15-10-5-7(13)6(12)4-9(10)14-8/h4-5,8,14H,2-3H2,1H3,(H,15,16). The lowest BCUT2D eigenvalue weighted by Crippen LogP contribution is -2.38. The van der Waals surface area contributed by atoms with E-state index in [1.54, 1.807) is 0 Å². The number of halogens is 2. The number of benzene rings is 1. The Balaban J connectivity index is 2.32. The van der Waals surface area contributed by atoms with E-state index in [1.165, 1.54) is 12.1 Å². The van der Waals surface area contributed by atoms with E-state index in [1.807, 2.05) is 6.92 Å². The Morgan fingerprint density at radius 2 is 2.19 bits per heavy atom. The molecule has 86 valence electrons. The van der Waals surface area contributed by atoms with E-state index in [-0.39, 0.29) is 17.0 Å². The van der Waals surface area contributed by atoms with Gasteiger partial charge in [-0.3, -0.25) is 4.79 Å². The van der Waals surface area contributed by atoms with Crippen molar-refractivity contribution in [2.75, 3.05) is 10.6 Å². The topological polar surface area (TPSA) is 41.1 Å². The Morgan fingerprint density at radius 3 is 2.88 bits per heavy atom. The van der Waals surface area contributed by atoms with Crippen LogP contribution in [0.15, 0.2) is 12.1 Å². The van der Waals surface area contributed by atoms with Gasteiger partial charge in [-0.1, -0.05) is 24.9 Å². The largest absolute Gasteiger partial charge is 0.372 e. The van der Waals surface area contributed by atoms with E-state index >= 15 is 0 Å². The van der Waals surface area contributed by atoms with Crippen LogP contribution in [0.2, 0.25) is 5.02 Å². The van der Waals surface area contributed by atoms with Gasteiger partial charge in [-0.05, 0) is 12.5 Å². The monoisotopic (exact) mass is 242 g/mol. The maximum atomic E-state index is 13.2. The molecule has 1 aliphatic heterocycles. The van der Waals surface area contributed by atoms with Crippen LogP contribution in [0.5, 0.6) is 0 Å². The van der Waals surface area contributed by atoms with E-state index in [2.05, 4.69) is 10.6 Å². The Labute approximate surface area is 98.0 Å². The number of carbonyl (C=O) groups excluding carboxylic acids is 1. The molecule has 0 fully saturated rings. The first-order valence-electron chi connectivity index (χ1n) is 5.18. The molecule has 1 aliphatic rings. The maximum Gasteiger partial charge on any atom is 0.246 e. The number of amides is 1. The third kappa shape index (κ3) is 1.97. The highest BCUT2D eigenvalue weighted by molar-refractivity contribution is 6.31. The summed E-state index contributed by atoms with van der Waals surface area (Å²) in [4.78, 5) is 11.6. The van der Waals surface area contributed by atoms with Gasteiger partial charge in [-0.25, -0.2) is 4.39 Å². The first kappa shape index (κ1) is 11.2. The Hall–Kier alpha value is -1.29. The highest BCUT2D eigenvalue weighted by atomic mass is 35.5. The lowest BCUT2D eigenvalue weighted by atomic mass is 10.1. The van der Waals surface area contributed by atoms with E-state index in [4.69, 9.17) is 11.6 Å². The van der Waals surface area contributed by atoms with Crippen LogP contribution in [-0.4, -0.2) is 11.9 Å². The number of nitrogens with one attached hydrogen (secondary N) is 2. The molecule has 5 heteroatoms. The van der Waals surface area contributed by atoms with Crippen LogP contribution in [0.4, 0.5) is 15.8 Å². The second-order valence-electron chi connectivity index (χ2n) is 3.79. The summed E-state index contributed by atoms with van der Waals surface area (Å²) in [5.74, 6) is -0.660. The quantitative estimate of drug-likeness (QED) is 0.837. The zero-order valence-corrected chi connectivity index (χ0v) is 9.57. The molecule has 0 saturated carbocycles. The number of anilines is 2. The Morgan fingerprint density at radius 1 is 1.44 bits per heavy atom. The van der Waals surface area contributed by atoms with Gasteiger partial charge in [-0.15, -0.1) is 0 Å². The van der Waals surface area contributed by atoms with Crippen LogP contribution in [0.3, 0.4) is 0 Å². The molecule has 1 amide bonds. The van der Waals surface area contributed by atoms with Crippen molar-refractivity contribution in [1.82, 2.24) is 0 Å². The van der Waals surface area contributed by atoms with Crippen molar-refractivity contribution in [1.29, 1.82) is 0 Å². The molecule has 0 bridgehead atoms. The first-order chi connectivity index (χ1) is 7.61. The van der Waals surface area contributed by atoms with Crippen molar-refractivity contribution in [3.8, 4) is 0 Å². The molecule has 3 nitrogen and oxygen atoms in total. The summed E-state index contributed by atoms with van der Waals surface area (Å²) >= 11 is 5.68. The molecule has 1 aromatic carbocycles. The van der Waals surface area contributed by atoms with Gasteiger partial charge in [0, 0.05) is 6.07 Å². The smallest absolute Gasteiger partial charge is 0.246 e. The van der Waals surface area contributed by atoms with E-state index in [0.29, 0.717) is 11.4 Å². The summed E-state index contributed by atoms with van der Waals surface area (Å²) in [7, 11) is 0. The number of hydrogen-bond donors (Lipinski definition) is 2. The molecule has 2 rings (SSSR count). The van der Waals surface area contributed by atoms with Gasteiger partial charge in [0.1, 0.15) is 11.9 Å². The molecule has 0 radical (unpaired) electrons. The highest BCUT2D eigenvalue weighted by Crippen LogP contribution is 2.32. The normalized spacial score (nSPS) is 18.7. The fraction of sp³-hybridized carbons (Fsp3) is 0.364. The molecule has 0 aliphatic carbocycles. The number of rotatable bonds is 2. The average molecular weight is 243 g/mol. The second kappa shape index (κ2) is 4.29. The average Bonchev–Trinajstić information content (AvgIpc) is 2.23. The summed E-state index contributed by atoms with van der Waals surface area (Å²) in [5, 5.41) is 5.77. The van der Waals surface area contributed by atoms with Crippen molar-refractivity contribution < 1.29 is 9.18 Å². The van der Waals surface area contributed by atoms with Crippen molar-refractivity contribution in [2.45, 2.75) is 25.8 Å². The highest BCUT2D eigenvalue weighted by Gasteiger charge is 2.25. The minimum atomic E-state index is -0.531. The maximum absolute atomic E-state index is 13.2. The summed E-state index contributed by atoms with van der Waals surface area (Å²) < 4.78 is 13.2. The van der Waals surface area contributed by atoms with Crippen LogP contribution >= 0.6 is 11.6 Å². The first-order valence-corrected chi connectivity index (χ1v) is 5.56. The van der Waals surface area contributed by atoms with Gasteiger partial charge >= 0.3 is 0 Å². The third-order valence-electron chi connectivity index (χ3n) is 2.54. The van der Waals surface area contributed by atoms with Gasteiger partial charge in [-0.2, -0.15) is 0 Å². The fourth-order valence-corrected chi connectivity index (χ4v) is 1.90. The van der Waals surface area contributed by atoms with Crippen LogP contribution < -0.4 is 10.6 Å². The molecule has 1 atom stereocenters. The van der Waals surface area contributed by atoms with Crippen molar-refractivity contribution >= 4 is 28.9 Å². The molecule has 1 unspecified atom stereocenters. The van der Waals surface area contributed by atoms with Crippen molar-refractivity contribution in [3.05, 3.63) is 23.0 Å². The summed E-state index contributed by atoms with van der Waals surface area (Å²) in [5.41, 5.74) is 1.11. The third-order valence-corrected chi connectivity index (χ3v) is 2.83. The van der Waals surface area contributed by atoms with Gasteiger partial charge in [0.25, 0.3) is 0 Å². The Bertz CT molecular complexity index is 436. The van der Waals surface area contributed by atoms with Gasteiger partial charge in [0.2, 0.25) is 5.91 Å². The van der Waals surface area contributed by atoms with E-state index in [9.17, 15) is 9.18 Å². The zero-order chi connectivity index (χ0) is 11.7. The molecule has 0 aromatic heterocycles. The van der Waals surface area contributed by atoms with Crippen LogP contribution in [0.1, 0.15) is 19.8 Å². The molecule has 2 N–H and O–H groups in total. The number of carbonyl (C=O) groups is 1. The number of hydrogen-bond acceptors (Lipinski definition) is 2. The van der Waals surface area contributed by atoms with Gasteiger partial charge < -0.3 is 10.6 Å². The molecule has 0 saturated heterocycles. The minimum Gasteiger partial charge on any atom is -0.372 e. The summed E-state index contributed by atoms with van der Waals surface area (Å²) in [6.45, 7) is 2.00. The molecule has 1 heterocycles. The lowest BCUT2D eigenvalue weighted by Gasteiger charge is -2.26. The van der Waals surface area contributed by atoms with Gasteiger partial charge in [0.15, 0.2) is 0 Å². The van der Waals surface area contributed by atoms with Crippen molar-refractivity contribution in [3.63, 3.8) is 0 Å². The predicted octanol–water partition coefficient (Wildman–Crippen LogP) is 3.01.